The van der Waals surface area contributed by atoms with Crippen molar-refractivity contribution in [2.45, 2.75) is 13.8 Å². The molecule has 1 nitrogen and oxygen atoms in total. The van der Waals surface area contributed by atoms with Crippen LogP contribution in [0.2, 0.25) is 0 Å². The zero-order chi connectivity index (χ0) is 4.28. The van der Waals surface area contributed by atoms with Crippen LogP contribution in [0, 0.1) is 0 Å². The molecule has 30 valence electrons. The van der Waals surface area contributed by atoms with E-state index in [1.54, 1.807) is 6.92 Å². The average Bonchev–Trinajstić information content (AvgIpc) is 1.38. The van der Waals surface area contributed by atoms with E-state index in [0.29, 0.717) is 0 Å². The van der Waals surface area contributed by atoms with Crippen molar-refractivity contribution in [3.05, 3.63) is 11.8 Å². The summed E-state index contributed by atoms with van der Waals surface area (Å²) in [7, 11) is 0. The SMILES string of the molecule is C/C=C(/C)[O-]. The van der Waals surface area contributed by atoms with Gasteiger partial charge in [0.05, 0.1) is 0 Å². The topological polar surface area (TPSA) is 23.1 Å². The molecule has 0 aromatic rings. The highest BCUT2D eigenvalue weighted by Crippen LogP contribution is 1.70. The molecular formula is C4H7O-. The third-order valence-corrected chi connectivity index (χ3v) is 0.407. The van der Waals surface area contributed by atoms with Gasteiger partial charge in [-0.05, 0) is 6.92 Å². The van der Waals surface area contributed by atoms with Gasteiger partial charge in [0.15, 0.2) is 0 Å². The van der Waals surface area contributed by atoms with Gasteiger partial charge in [-0.2, -0.15) is 0 Å². The summed E-state index contributed by atoms with van der Waals surface area (Å²) in [5.41, 5.74) is 0. The van der Waals surface area contributed by atoms with Crippen LogP contribution < -0.4 is 5.11 Å². The third-order valence-electron chi connectivity index (χ3n) is 0.407. The Balaban J connectivity index is 3.14. The van der Waals surface area contributed by atoms with Crippen molar-refractivity contribution < 1.29 is 5.11 Å². The van der Waals surface area contributed by atoms with E-state index in [2.05, 4.69) is 0 Å². The lowest BCUT2D eigenvalue weighted by atomic mass is 10.5. The van der Waals surface area contributed by atoms with Gasteiger partial charge in [-0.3, -0.25) is 0 Å². The first-order valence-electron chi connectivity index (χ1n) is 1.57. The second kappa shape index (κ2) is 1.82. The molecule has 0 saturated carbocycles. The zero-order valence-corrected chi connectivity index (χ0v) is 3.49. The summed E-state index contributed by atoms with van der Waals surface area (Å²) < 4.78 is 0. The van der Waals surface area contributed by atoms with Gasteiger partial charge >= 0.3 is 0 Å². The first-order chi connectivity index (χ1) is 2.27. The standard InChI is InChI=1S/C4H8O/c1-3-4(2)5/h3,5H,1-2H3/p-1/b4-3-. The van der Waals surface area contributed by atoms with Crippen molar-refractivity contribution in [2.75, 3.05) is 0 Å². The maximum atomic E-state index is 9.76. The molecule has 0 aliphatic carbocycles. The van der Waals surface area contributed by atoms with Gasteiger partial charge < -0.3 is 5.11 Å². The molecule has 0 spiro atoms. The van der Waals surface area contributed by atoms with Crippen LogP contribution in [-0.4, -0.2) is 0 Å². The quantitative estimate of drug-likeness (QED) is 0.376. The second-order valence-electron chi connectivity index (χ2n) is 0.899. The molecule has 0 amide bonds. The Morgan fingerprint density at radius 2 is 2.00 bits per heavy atom. The summed E-state index contributed by atoms with van der Waals surface area (Å²) in [6.07, 6.45) is 1.53. The van der Waals surface area contributed by atoms with E-state index >= 15 is 0 Å². The number of allylic oxidation sites excluding steroid dienone is 2. The average molecular weight is 71.1 g/mol. The Labute approximate surface area is 31.9 Å². The van der Waals surface area contributed by atoms with Gasteiger partial charge in [-0.1, -0.05) is 13.0 Å². The fraction of sp³-hybridized carbons (Fsp3) is 0.500. The molecule has 0 rings (SSSR count). The van der Waals surface area contributed by atoms with E-state index < -0.39 is 0 Å². The van der Waals surface area contributed by atoms with Crippen molar-refractivity contribution in [3.8, 4) is 0 Å². The highest BCUT2D eigenvalue weighted by atomic mass is 16.3. The Bertz CT molecular complexity index is 41.6. The molecule has 0 fully saturated rings. The summed E-state index contributed by atoms with van der Waals surface area (Å²) in [5, 5.41) is 9.76. The molecule has 0 aromatic carbocycles. The van der Waals surface area contributed by atoms with E-state index in [-0.39, 0.29) is 5.76 Å². The molecule has 1 heteroatoms. The highest BCUT2D eigenvalue weighted by molar-refractivity contribution is 4.77. The Hall–Kier alpha value is -0.460. The number of rotatable bonds is 0. The van der Waals surface area contributed by atoms with Crippen LogP contribution in [-0.2, 0) is 0 Å². The van der Waals surface area contributed by atoms with Crippen molar-refractivity contribution in [2.24, 2.45) is 0 Å². The number of hydrogen-bond acceptors (Lipinski definition) is 1. The maximum absolute atomic E-state index is 9.76. The van der Waals surface area contributed by atoms with Crippen LogP contribution in [0.15, 0.2) is 11.8 Å². The molecule has 0 unspecified atom stereocenters. The molecule has 0 aliphatic heterocycles. The van der Waals surface area contributed by atoms with Crippen LogP contribution in [0.3, 0.4) is 0 Å². The summed E-state index contributed by atoms with van der Waals surface area (Å²) in [6.45, 7) is 3.25. The summed E-state index contributed by atoms with van der Waals surface area (Å²) >= 11 is 0. The van der Waals surface area contributed by atoms with Gasteiger partial charge in [0, 0.05) is 0 Å². The molecular weight excluding hydrogens is 64.0 g/mol. The lowest BCUT2D eigenvalue weighted by Gasteiger charge is -1.96. The molecule has 5 heavy (non-hydrogen) atoms. The highest BCUT2D eigenvalue weighted by Gasteiger charge is 1.48. The van der Waals surface area contributed by atoms with Crippen LogP contribution in [0.25, 0.3) is 0 Å². The summed E-state index contributed by atoms with van der Waals surface area (Å²) in [4.78, 5) is 0. The van der Waals surface area contributed by atoms with E-state index in [9.17, 15) is 5.11 Å². The molecule has 0 bridgehead atoms. The molecule has 0 heterocycles. The maximum Gasteiger partial charge on any atom is -0.0476 e. The normalized spacial score (nSPS) is 12.0. The van der Waals surface area contributed by atoms with Crippen LogP contribution >= 0.6 is 0 Å². The predicted molar refractivity (Wildman–Crippen MR) is 19.4 cm³/mol. The fourth-order valence-electron chi connectivity index (χ4n) is 0. The first kappa shape index (κ1) is 4.54. The van der Waals surface area contributed by atoms with Crippen molar-refractivity contribution in [3.63, 3.8) is 0 Å². The Kier molecular flexibility index (Phi) is 1.65. The van der Waals surface area contributed by atoms with Gasteiger partial charge in [0.1, 0.15) is 0 Å². The minimum Gasteiger partial charge on any atom is -0.876 e. The van der Waals surface area contributed by atoms with Crippen molar-refractivity contribution >= 4 is 0 Å². The zero-order valence-electron chi connectivity index (χ0n) is 3.49. The minimum atomic E-state index is 0.130. The third kappa shape index (κ3) is 3.54. The fourth-order valence-corrected chi connectivity index (χ4v) is 0. The second-order valence-corrected chi connectivity index (χ2v) is 0.899. The number of hydrogen-bond donors (Lipinski definition) is 0. The molecule has 0 N–H and O–H groups in total. The summed E-state index contributed by atoms with van der Waals surface area (Å²) in [5.74, 6) is 0.130. The lowest BCUT2D eigenvalue weighted by molar-refractivity contribution is -0.301. The first-order valence-corrected chi connectivity index (χ1v) is 1.57. The molecule has 0 aromatic heterocycles. The largest absolute Gasteiger partial charge is 0.876 e. The minimum absolute atomic E-state index is 0.130. The lowest BCUT2D eigenvalue weighted by Crippen LogP contribution is -1.95. The van der Waals surface area contributed by atoms with Gasteiger partial charge in [-0.15, -0.1) is 5.76 Å². The Morgan fingerprint density at radius 3 is 2.00 bits per heavy atom. The van der Waals surface area contributed by atoms with Crippen LogP contribution in [0.1, 0.15) is 13.8 Å². The van der Waals surface area contributed by atoms with Crippen molar-refractivity contribution in [1.82, 2.24) is 0 Å². The molecule has 0 saturated heterocycles. The van der Waals surface area contributed by atoms with E-state index in [4.69, 9.17) is 0 Å². The van der Waals surface area contributed by atoms with E-state index in [1.807, 2.05) is 0 Å². The molecule has 0 radical (unpaired) electrons. The monoisotopic (exact) mass is 71.1 g/mol. The predicted octanol–water partition coefficient (Wildman–Crippen LogP) is 0.270. The molecule has 0 atom stereocenters. The van der Waals surface area contributed by atoms with Gasteiger partial charge in [0.25, 0.3) is 0 Å². The van der Waals surface area contributed by atoms with Gasteiger partial charge in [0.2, 0.25) is 0 Å². The Morgan fingerprint density at radius 1 is 1.80 bits per heavy atom. The van der Waals surface area contributed by atoms with Crippen LogP contribution in [0.5, 0.6) is 0 Å². The van der Waals surface area contributed by atoms with E-state index in [0.717, 1.165) is 0 Å². The van der Waals surface area contributed by atoms with Crippen LogP contribution in [0.4, 0.5) is 0 Å². The van der Waals surface area contributed by atoms with E-state index in [1.165, 1.54) is 13.0 Å². The smallest absolute Gasteiger partial charge is 0.0476 e. The van der Waals surface area contributed by atoms with Gasteiger partial charge in [-0.25, -0.2) is 0 Å². The summed E-state index contributed by atoms with van der Waals surface area (Å²) in [6, 6.07) is 0. The molecule has 0 aliphatic rings. The van der Waals surface area contributed by atoms with Crippen molar-refractivity contribution in [1.29, 1.82) is 0 Å².